The lowest BCUT2D eigenvalue weighted by Crippen LogP contribution is -2.37. The van der Waals surface area contributed by atoms with E-state index in [0.717, 1.165) is 11.4 Å². The molecule has 0 unspecified atom stereocenters. The molecule has 1 atom stereocenters. The monoisotopic (exact) mass is 466 g/mol. The number of nitrogens with zero attached hydrogens (tertiary/aromatic N) is 3. The molecule has 1 N–H and O–H groups in total. The maximum absolute atomic E-state index is 14.5. The summed E-state index contributed by atoms with van der Waals surface area (Å²) in [4.78, 5) is 12.4. The van der Waals surface area contributed by atoms with Crippen LogP contribution in [0.5, 0.6) is 0 Å². The first-order valence-corrected chi connectivity index (χ1v) is 10.1. The lowest BCUT2D eigenvalue weighted by molar-refractivity contribution is -0.121. The van der Waals surface area contributed by atoms with Crippen LogP contribution in [0, 0.1) is 27.7 Å². The van der Waals surface area contributed by atoms with Gasteiger partial charge in [0, 0.05) is 36.5 Å². The van der Waals surface area contributed by atoms with Crippen molar-refractivity contribution in [2.75, 3.05) is 0 Å². The van der Waals surface area contributed by atoms with E-state index in [2.05, 4.69) is 27.3 Å². The number of carbonyl (C=O) groups is 1. The van der Waals surface area contributed by atoms with Crippen LogP contribution >= 0.6 is 28.1 Å². The van der Waals surface area contributed by atoms with Crippen LogP contribution in [0.1, 0.15) is 35.7 Å². The fourth-order valence-corrected chi connectivity index (χ4v) is 4.52. The summed E-state index contributed by atoms with van der Waals surface area (Å²) < 4.78 is 33.2. The van der Waals surface area contributed by atoms with Crippen LogP contribution in [0.4, 0.5) is 8.78 Å². The third kappa shape index (κ3) is 3.08. The molecule has 1 fully saturated rings. The molecule has 2 heterocycles. The van der Waals surface area contributed by atoms with Gasteiger partial charge in [-0.3, -0.25) is 4.79 Å². The molecule has 146 valence electrons. The predicted octanol–water partition coefficient (Wildman–Crippen LogP) is 3.65. The summed E-state index contributed by atoms with van der Waals surface area (Å²) in [6.45, 7) is 0.357. The van der Waals surface area contributed by atoms with Gasteiger partial charge >= 0.3 is 0 Å². The number of nitrogens with one attached hydrogen (secondary N) is 1. The summed E-state index contributed by atoms with van der Waals surface area (Å²) >= 11 is 8.59. The first kappa shape index (κ1) is 19.3. The molecular formula is C19H17BrF2N4OS. The first-order chi connectivity index (χ1) is 13.3. The lowest BCUT2D eigenvalue weighted by Gasteiger charge is -2.14. The van der Waals surface area contributed by atoms with E-state index < -0.39 is 23.1 Å². The molecule has 0 saturated heterocycles. The standard InChI is InChI=1S/C19H17BrF2N4OS/c1-25-13(7-15(27)24-19(9-23)4-5-19)14-6-10(8-26(14)18(25)28)16-12(21)3-2-11(20)17(16)22/h2-3,10H,4-8H2,1H3,(H,24,27)/t10-/m0/s1. The Bertz CT molecular complexity index is 1100. The molecule has 2 aliphatic rings. The van der Waals surface area contributed by atoms with E-state index in [1.807, 2.05) is 4.57 Å². The Morgan fingerprint density at radius 1 is 1.46 bits per heavy atom. The number of hydrogen-bond donors (Lipinski definition) is 1. The number of fused-ring (bicyclic) bond motifs is 1. The fraction of sp³-hybridized carbons (Fsp3) is 0.421. The van der Waals surface area contributed by atoms with E-state index in [4.69, 9.17) is 17.5 Å². The van der Waals surface area contributed by atoms with E-state index in [-0.39, 0.29) is 22.4 Å². The van der Waals surface area contributed by atoms with Gasteiger partial charge in [0.15, 0.2) is 4.77 Å². The average molecular weight is 467 g/mol. The number of aromatic nitrogens is 2. The van der Waals surface area contributed by atoms with Crippen LogP contribution in [0.3, 0.4) is 0 Å². The molecule has 0 spiro atoms. The molecule has 28 heavy (non-hydrogen) atoms. The van der Waals surface area contributed by atoms with Crippen molar-refractivity contribution < 1.29 is 13.6 Å². The van der Waals surface area contributed by atoms with Crippen molar-refractivity contribution in [1.82, 2.24) is 14.5 Å². The number of rotatable bonds is 4. The molecule has 4 rings (SSSR count). The van der Waals surface area contributed by atoms with Crippen LogP contribution in [-0.2, 0) is 31.2 Å². The maximum atomic E-state index is 14.5. The van der Waals surface area contributed by atoms with Crippen molar-refractivity contribution in [3.8, 4) is 6.07 Å². The molecule has 9 heteroatoms. The second kappa shape index (κ2) is 6.78. The van der Waals surface area contributed by atoms with Crippen LogP contribution in [0.2, 0.25) is 0 Å². The third-order valence-corrected chi connectivity index (χ3v) is 6.69. The van der Waals surface area contributed by atoms with Gasteiger partial charge in [0.2, 0.25) is 5.91 Å². The zero-order valence-corrected chi connectivity index (χ0v) is 17.5. The summed E-state index contributed by atoms with van der Waals surface area (Å²) in [6, 6.07) is 4.73. The first-order valence-electron chi connectivity index (χ1n) is 8.89. The van der Waals surface area contributed by atoms with Gasteiger partial charge in [-0.2, -0.15) is 5.26 Å². The van der Waals surface area contributed by atoms with Crippen molar-refractivity contribution in [2.24, 2.45) is 7.05 Å². The number of carbonyl (C=O) groups excluding carboxylic acids is 1. The van der Waals surface area contributed by atoms with E-state index >= 15 is 0 Å². The van der Waals surface area contributed by atoms with Gasteiger partial charge < -0.3 is 14.5 Å². The van der Waals surface area contributed by atoms with E-state index in [0.29, 0.717) is 30.6 Å². The number of amides is 1. The minimum absolute atomic E-state index is 0.0342. The highest BCUT2D eigenvalue weighted by Crippen LogP contribution is 2.38. The van der Waals surface area contributed by atoms with E-state index in [1.54, 1.807) is 11.6 Å². The largest absolute Gasteiger partial charge is 0.337 e. The number of hydrogen-bond acceptors (Lipinski definition) is 3. The highest BCUT2D eigenvalue weighted by Gasteiger charge is 2.44. The van der Waals surface area contributed by atoms with Gasteiger partial charge in [-0.25, -0.2) is 8.78 Å². The molecule has 0 bridgehead atoms. The van der Waals surface area contributed by atoms with Crippen molar-refractivity contribution >= 4 is 34.1 Å². The summed E-state index contributed by atoms with van der Waals surface area (Å²) in [6.07, 6.45) is 1.78. The minimum atomic E-state index is -0.736. The Morgan fingerprint density at radius 2 is 2.18 bits per heavy atom. The van der Waals surface area contributed by atoms with Crippen molar-refractivity contribution in [3.63, 3.8) is 0 Å². The third-order valence-electron chi connectivity index (χ3n) is 5.58. The molecule has 1 saturated carbocycles. The Morgan fingerprint density at radius 3 is 2.82 bits per heavy atom. The quantitative estimate of drug-likeness (QED) is 0.552. The minimum Gasteiger partial charge on any atom is -0.337 e. The highest BCUT2D eigenvalue weighted by molar-refractivity contribution is 9.10. The van der Waals surface area contributed by atoms with Crippen LogP contribution < -0.4 is 5.32 Å². The molecule has 1 aliphatic carbocycles. The lowest BCUT2D eigenvalue weighted by atomic mass is 9.95. The zero-order valence-electron chi connectivity index (χ0n) is 15.1. The number of imidazole rings is 1. The van der Waals surface area contributed by atoms with Crippen molar-refractivity contribution in [2.45, 2.75) is 43.7 Å². The predicted molar refractivity (Wildman–Crippen MR) is 104 cm³/mol. The molecule has 1 aromatic heterocycles. The molecule has 1 amide bonds. The SMILES string of the molecule is Cn1c(CC(=O)NC2(C#N)CC2)c2n(c1=S)C[C@@H](c1c(F)ccc(Br)c1F)C2. The maximum Gasteiger partial charge on any atom is 0.227 e. The average Bonchev–Trinajstić information content (AvgIpc) is 3.25. The van der Waals surface area contributed by atoms with Crippen LogP contribution in [-0.4, -0.2) is 20.6 Å². The Kier molecular flexibility index (Phi) is 4.67. The second-order valence-corrected chi connectivity index (χ2v) is 8.64. The Labute approximate surface area is 174 Å². The molecule has 5 nitrogen and oxygen atoms in total. The molecular weight excluding hydrogens is 450 g/mol. The van der Waals surface area contributed by atoms with Gasteiger partial charge in [0.05, 0.1) is 17.0 Å². The summed E-state index contributed by atoms with van der Waals surface area (Å²) in [5.41, 5.74) is 0.829. The van der Waals surface area contributed by atoms with E-state index in [1.165, 1.54) is 12.1 Å². The number of nitriles is 1. The highest BCUT2D eigenvalue weighted by atomic mass is 79.9. The molecule has 1 aliphatic heterocycles. The molecule has 2 aromatic rings. The van der Waals surface area contributed by atoms with Gasteiger partial charge in [-0.05, 0) is 59.5 Å². The van der Waals surface area contributed by atoms with Gasteiger partial charge in [0.25, 0.3) is 0 Å². The second-order valence-electron chi connectivity index (χ2n) is 7.42. The van der Waals surface area contributed by atoms with Gasteiger partial charge in [-0.15, -0.1) is 0 Å². The van der Waals surface area contributed by atoms with Crippen molar-refractivity contribution in [3.05, 3.63) is 50.0 Å². The Balaban J connectivity index is 1.63. The zero-order chi connectivity index (χ0) is 20.2. The van der Waals surface area contributed by atoms with E-state index in [9.17, 15) is 13.6 Å². The van der Waals surface area contributed by atoms with Crippen LogP contribution in [0.25, 0.3) is 0 Å². The topological polar surface area (TPSA) is 62.8 Å². The summed E-state index contributed by atoms with van der Waals surface area (Å²) in [5, 5.41) is 11.9. The smallest absolute Gasteiger partial charge is 0.227 e. The number of benzene rings is 1. The van der Waals surface area contributed by atoms with Gasteiger partial charge in [0.1, 0.15) is 17.2 Å². The fourth-order valence-electron chi connectivity index (χ4n) is 3.88. The summed E-state index contributed by atoms with van der Waals surface area (Å²) in [5.74, 6) is -1.84. The Hall–Kier alpha value is -2.05. The summed E-state index contributed by atoms with van der Waals surface area (Å²) in [7, 11) is 1.78. The van der Waals surface area contributed by atoms with Gasteiger partial charge in [-0.1, -0.05) is 0 Å². The molecule has 0 radical (unpaired) electrons. The normalized spacial score (nSPS) is 19.2. The van der Waals surface area contributed by atoms with Crippen LogP contribution in [0.15, 0.2) is 16.6 Å². The number of halogens is 3. The van der Waals surface area contributed by atoms with Crippen molar-refractivity contribution in [1.29, 1.82) is 5.26 Å². The molecule has 1 aromatic carbocycles.